The molecule has 1 aliphatic carbocycles. The minimum Gasteiger partial charge on any atom is -0.458 e. The van der Waals surface area contributed by atoms with Gasteiger partial charge in [0.25, 0.3) is 0 Å². The summed E-state index contributed by atoms with van der Waals surface area (Å²) in [6.45, 7) is 8.15. The Bertz CT molecular complexity index is 275. The third-order valence-electron chi connectivity index (χ3n) is 4.19. The minimum atomic E-state index is -0.319. The van der Waals surface area contributed by atoms with Crippen molar-refractivity contribution >= 4 is 5.97 Å². The van der Waals surface area contributed by atoms with Crippen molar-refractivity contribution in [2.45, 2.75) is 58.6 Å². The Balaban J connectivity index is 2.82. The molecule has 0 bridgehead atoms. The smallest absolute Gasteiger partial charge is 0.303 e. The SMILES string of the molecule is CC(=O)OC1(C)CCC(C(C)C)CC1N(C)C. The van der Waals surface area contributed by atoms with Crippen LogP contribution in [0.1, 0.15) is 47.0 Å². The molecule has 3 heteroatoms. The maximum absolute atomic E-state index is 11.3. The molecule has 3 unspecified atom stereocenters. The second kappa shape index (κ2) is 5.38. The molecule has 0 radical (unpaired) electrons. The second-order valence-electron chi connectivity index (χ2n) is 6.16. The molecule has 1 aliphatic rings. The first-order valence-corrected chi connectivity index (χ1v) is 6.62. The van der Waals surface area contributed by atoms with E-state index in [9.17, 15) is 4.79 Å². The van der Waals surface area contributed by atoms with E-state index in [4.69, 9.17) is 4.74 Å². The van der Waals surface area contributed by atoms with E-state index in [0.29, 0.717) is 12.0 Å². The predicted octanol–water partition coefficient (Wildman–Crippen LogP) is 2.69. The van der Waals surface area contributed by atoms with Gasteiger partial charge in [-0.25, -0.2) is 0 Å². The van der Waals surface area contributed by atoms with Crippen LogP contribution >= 0.6 is 0 Å². The van der Waals surface area contributed by atoms with Crippen LogP contribution in [0.2, 0.25) is 0 Å². The third kappa shape index (κ3) is 3.44. The molecule has 0 heterocycles. The zero-order valence-corrected chi connectivity index (χ0v) is 12.1. The quantitative estimate of drug-likeness (QED) is 0.712. The van der Waals surface area contributed by atoms with Crippen LogP contribution in [0, 0.1) is 11.8 Å². The number of rotatable bonds is 3. The van der Waals surface area contributed by atoms with Crippen molar-refractivity contribution in [2.75, 3.05) is 14.1 Å². The maximum Gasteiger partial charge on any atom is 0.303 e. The Morgan fingerprint density at radius 2 is 2.00 bits per heavy atom. The molecular formula is C14H27NO2. The largest absolute Gasteiger partial charge is 0.458 e. The molecule has 0 N–H and O–H groups in total. The van der Waals surface area contributed by atoms with E-state index in [1.165, 1.54) is 6.92 Å². The number of hydrogen-bond acceptors (Lipinski definition) is 3. The predicted molar refractivity (Wildman–Crippen MR) is 69.8 cm³/mol. The summed E-state index contributed by atoms with van der Waals surface area (Å²) in [4.78, 5) is 13.5. The van der Waals surface area contributed by atoms with Crippen LogP contribution < -0.4 is 0 Å². The van der Waals surface area contributed by atoms with E-state index in [0.717, 1.165) is 25.2 Å². The summed E-state index contributed by atoms with van der Waals surface area (Å²) in [6.07, 6.45) is 3.25. The molecule has 0 aromatic carbocycles. The van der Waals surface area contributed by atoms with Gasteiger partial charge >= 0.3 is 5.97 Å². The van der Waals surface area contributed by atoms with Crippen LogP contribution in [0.25, 0.3) is 0 Å². The first kappa shape index (κ1) is 14.5. The normalized spacial score (nSPS) is 34.1. The maximum atomic E-state index is 11.3. The first-order chi connectivity index (χ1) is 7.76. The number of carbonyl (C=O) groups is 1. The molecule has 0 saturated heterocycles. The molecule has 0 aromatic heterocycles. The fourth-order valence-electron chi connectivity index (χ4n) is 3.10. The van der Waals surface area contributed by atoms with Crippen molar-refractivity contribution in [3.05, 3.63) is 0 Å². The van der Waals surface area contributed by atoms with Gasteiger partial charge in [0.15, 0.2) is 0 Å². The van der Waals surface area contributed by atoms with Gasteiger partial charge in [0.2, 0.25) is 0 Å². The summed E-state index contributed by atoms with van der Waals surface area (Å²) in [5, 5.41) is 0. The zero-order chi connectivity index (χ0) is 13.2. The van der Waals surface area contributed by atoms with E-state index in [1.807, 2.05) is 0 Å². The van der Waals surface area contributed by atoms with Crippen molar-refractivity contribution in [1.82, 2.24) is 4.90 Å². The summed E-state index contributed by atoms with van der Waals surface area (Å²) < 4.78 is 5.60. The van der Waals surface area contributed by atoms with Gasteiger partial charge in [-0.3, -0.25) is 4.79 Å². The number of esters is 1. The monoisotopic (exact) mass is 241 g/mol. The molecule has 100 valence electrons. The van der Waals surface area contributed by atoms with E-state index in [1.54, 1.807) is 0 Å². The van der Waals surface area contributed by atoms with E-state index < -0.39 is 0 Å². The van der Waals surface area contributed by atoms with Crippen LogP contribution in [-0.4, -0.2) is 36.6 Å². The summed E-state index contributed by atoms with van der Waals surface area (Å²) in [6, 6.07) is 0.326. The number of ether oxygens (including phenoxy) is 1. The number of hydrogen-bond donors (Lipinski definition) is 0. The van der Waals surface area contributed by atoms with Gasteiger partial charge < -0.3 is 9.64 Å². The van der Waals surface area contributed by atoms with Crippen LogP contribution in [0.5, 0.6) is 0 Å². The molecule has 17 heavy (non-hydrogen) atoms. The van der Waals surface area contributed by atoms with E-state index in [-0.39, 0.29) is 11.6 Å². The lowest BCUT2D eigenvalue weighted by molar-refractivity contribution is -0.168. The van der Waals surface area contributed by atoms with Gasteiger partial charge in [0, 0.05) is 13.0 Å². The van der Waals surface area contributed by atoms with Gasteiger partial charge in [-0.2, -0.15) is 0 Å². The van der Waals surface area contributed by atoms with Crippen LogP contribution in [0.4, 0.5) is 0 Å². The van der Waals surface area contributed by atoms with Gasteiger partial charge in [-0.15, -0.1) is 0 Å². The highest BCUT2D eigenvalue weighted by Gasteiger charge is 2.44. The average molecular weight is 241 g/mol. The highest BCUT2D eigenvalue weighted by Crippen LogP contribution is 2.39. The fourth-order valence-corrected chi connectivity index (χ4v) is 3.10. The summed E-state index contributed by atoms with van der Waals surface area (Å²) in [7, 11) is 4.16. The second-order valence-corrected chi connectivity index (χ2v) is 6.16. The topological polar surface area (TPSA) is 29.5 Å². The van der Waals surface area contributed by atoms with Gasteiger partial charge in [-0.1, -0.05) is 13.8 Å². The number of likely N-dealkylation sites (N-methyl/N-ethyl adjacent to an activating group) is 1. The van der Waals surface area contributed by atoms with Crippen LogP contribution in [-0.2, 0) is 9.53 Å². The number of nitrogens with zero attached hydrogens (tertiary/aromatic N) is 1. The Hall–Kier alpha value is -0.570. The Morgan fingerprint density at radius 1 is 1.41 bits per heavy atom. The molecule has 1 saturated carbocycles. The molecule has 3 atom stereocenters. The summed E-state index contributed by atoms with van der Waals surface area (Å²) >= 11 is 0. The lowest BCUT2D eigenvalue weighted by Crippen LogP contribution is -2.54. The van der Waals surface area contributed by atoms with Crippen molar-refractivity contribution in [2.24, 2.45) is 11.8 Å². The standard InChI is InChI=1S/C14H27NO2/c1-10(2)12-7-8-14(4,17-11(3)16)13(9-12)15(5)6/h10,12-13H,7-9H2,1-6H3. The van der Waals surface area contributed by atoms with Crippen molar-refractivity contribution in [3.63, 3.8) is 0 Å². The molecule has 1 fully saturated rings. The Morgan fingerprint density at radius 3 is 2.41 bits per heavy atom. The van der Waals surface area contributed by atoms with E-state index in [2.05, 4.69) is 39.8 Å². The van der Waals surface area contributed by atoms with Gasteiger partial charge in [-0.05, 0) is 52.1 Å². The van der Waals surface area contributed by atoms with Gasteiger partial charge in [0.1, 0.15) is 5.60 Å². The lowest BCUT2D eigenvalue weighted by Gasteiger charge is -2.47. The average Bonchev–Trinajstić information content (AvgIpc) is 2.15. The Kier molecular flexibility index (Phi) is 4.59. The highest BCUT2D eigenvalue weighted by atomic mass is 16.6. The van der Waals surface area contributed by atoms with Crippen molar-refractivity contribution < 1.29 is 9.53 Å². The molecule has 3 nitrogen and oxygen atoms in total. The van der Waals surface area contributed by atoms with Crippen molar-refractivity contribution in [3.8, 4) is 0 Å². The lowest BCUT2D eigenvalue weighted by atomic mass is 9.71. The highest BCUT2D eigenvalue weighted by molar-refractivity contribution is 5.66. The summed E-state index contributed by atoms with van der Waals surface area (Å²) in [5.41, 5.74) is -0.319. The molecule has 0 aliphatic heterocycles. The minimum absolute atomic E-state index is 0.164. The van der Waals surface area contributed by atoms with Gasteiger partial charge in [0.05, 0.1) is 0 Å². The molecule has 0 amide bonds. The molecular weight excluding hydrogens is 214 g/mol. The zero-order valence-electron chi connectivity index (χ0n) is 12.1. The summed E-state index contributed by atoms with van der Waals surface area (Å²) in [5.74, 6) is 1.28. The molecule has 0 aromatic rings. The van der Waals surface area contributed by atoms with Crippen molar-refractivity contribution in [1.29, 1.82) is 0 Å². The fraction of sp³-hybridized carbons (Fsp3) is 0.929. The number of carbonyl (C=O) groups excluding carboxylic acids is 1. The molecule has 0 spiro atoms. The molecule has 1 rings (SSSR count). The van der Waals surface area contributed by atoms with Crippen LogP contribution in [0.3, 0.4) is 0 Å². The Labute approximate surface area is 106 Å². The van der Waals surface area contributed by atoms with E-state index >= 15 is 0 Å². The first-order valence-electron chi connectivity index (χ1n) is 6.62. The third-order valence-corrected chi connectivity index (χ3v) is 4.19. The van der Waals surface area contributed by atoms with Crippen LogP contribution in [0.15, 0.2) is 0 Å².